The molecule has 0 amide bonds. The van der Waals surface area contributed by atoms with Gasteiger partial charge in [-0.05, 0) is 12.1 Å². The van der Waals surface area contributed by atoms with Crippen LogP contribution in [0.3, 0.4) is 0 Å². The van der Waals surface area contributed by atoms with Gasteiger partial charge in [-0.25, -0.2) is 4.68 Å². The zero-order valence-electron chi connectivity index (χ0n) is 10.3. The van der Waals surface area contributed by atoms with Crippen LogP contribution in [0.1, 0.15) is 16.9 Å². The molecule has 100 valence electrons. The lowest BCUT2D eigenvalue weighted by molar-refractivity contribution is 0.0861. The first-order valence-corrected chi connectivity index (χ1v) is 5.93. The van der Waals surface area contributed by atoms with E-state index in [9.17, 15) is 9.59 Å². The summed E-state index contributed by atoms with van der Waals surface area (Å²) in [4.78, 5) is 23.0. The summed E-state index contributed by atoms with van der Waals surface area (Å²) < 4.78 is 6.60. The molecule has 6 nitrogen and oxygen atoms in total. The van der Waals surface area contributed by atoms with E-state index in [1.807, 2.05) is 30.3 Å². The Morgan fingerprint density at radius 1 is 1.32 bits per heavy atom. The molecule has 0 unspecified atom stereocenters. The summed E-state index contributed by atoms with van der Waals surface area (Å²) in [6.45, 7) is 0.372. The molecule has 0 spiro atoms. The van der Waals surface area contributed by atoms with E-state index >= 15 is 0 Å². The first-order chi connectivity index (χ1) is 9.20. The number of ether oxygens (including phenoxy) is 1. The number of carbonyl (C=O) groups is 1. The van der Waals surface area contributed by atoms with Gasteiger partial charge in [-0.15, -0.1) is 0 Å². The maximum Gasteiger partial charge on any atom is 0.264 e. The van der Waals surface area contributed by atoms with Crippen LogP contribution in [-0.2, 0) is 6.54 Å². The summed E-state index contributed by atoms with van der Waals surface area (Å²) in [5.41, 5.74) is 5.59. The molecule has 0 aliphatic heterocycles. The lowest BCUT2D eigenvalue weighted by atomic mass is 10.3. The van der Waals surface area contributed by atoms with Crippen LogP contribution in [-0.4, -0.2) is 22.3 Å². The second-order valence-electron chi connectivity index (χ2n) is 3.96. The van der Waals surface area contributed by atoms with E-state index in [1.165, 1.54) is 10.7 Å². The van der Waals surface area contributed by atoms with Crippen LogP contribution in [0.4, 0.5) is 0 Å². The Kier molecular flexibility index (Phi) is 4.15. The number of nitrogens with one attached hydrogen (secondary N) is 1. The van der Waals surface area contributed by atoms with Gasteiger partial charge in [0.2, 0.25) is 5.91 Å². The first-order valence-electron chi connectivity index (χ1n) is 5.93. The Labute approximate surface area is 109 Å². The van der Waals surface area contributed by atoms with Gasteiger partial charge in [0.15, 0.2) is 0 Å². The van der Waals surface area contributed by atoms with Crippen molar-refractivity contribution in [2.24, 2.45) is 5.73 Å². The molecule has 2 rings (SSSR count). The number of nitrogens with two attached hydrogens (primary N) is 1. The van der Waals surface area contributed by atoms with E-state index < -0.39 is 0 Å². The molecule has 2 aromatic rings. The predicted octanol–water partition coefficient (Wildman–Crippen LogP) is 0.744. The number of carbonyl (C=O) groups excluding carboxylic acids is 1. The quantitative estimate of drug-likeness (QED) is 0.830. The number of aromatic nitrogens is 2. The van der Waals surface area contributed by atoms with Gasteiger partial charge in [0, 0.05) is 12.6 Å². The van der Waals surface area contributed by atoms with E-state index in [4.69, 9.17) is 10.5 Å². The average molecular weight is 261 g/mol. The van der Waals surface area contributed by atoms with E-state index in [1.54, 1.807) is 0 Å². The molecule has 0 bridgehead atoms. The number of para-hydroxylation sites is 1. The maximum atomic E-state index is 11.9. The van der Waals surface area contributed by atoms with E-state index in [2.05, 4.69) is 5.10 Å². The minimum Gasteiger partial charge on any atom is -0.493 e. The van der Waals surface area contributed by atoms with Crippen molar-refractivity contribution in [3.05, 3.63) is 52.4 Å². The molecule has 0 aliphatic rings. The van der Waals surface area contributed by atoms with Crippen LogP contribution < -0.4 is 16.0 Å². The molecule has 6 heteroatoms. The second-order valence-corrected chi connectivity index (χ2v) is 3.96. The number of benzene rings is 1. The fourth-order valence-electron chi connectivity index (χ4n) is 1.69. The molecule has 0 saturated heterocycles. The monoisotopic (exact) mass is 261 g/mol. The molecule has 1 heterocycles. The summed E-state index contributed by atoms with van der Waals surface area (Å²) in [5, 5.41) is 2.42. The standard InChI is InChI=1S/C13H15N3O3/c14-9-10-8-12(17)15-16(10)13(18)6-7-19-11-4-2-1-3-5-11/h1-5,8H,6-7,9,14H2,(H,15,17). The third kappa shape index (κ3) is 3.32. The van der Waals surface area contributed by atoms with Crippen molar-refractivity contribution in [1.29, 1.82) is 0 Å². The van der Waals surface area contributed by atoms with Gasteiger partial charge in [0.1, 0.15) is 5.75 Å². The number of hydrogen-bond acceptors (Lipinski definition) is 4. The molecular formula is C13H15N3O3. The molecule has 0 radical (unpaired) electrons. The molecule has 0 atom stereocenters. The van der Waals surface area contributed by atoms with Gasteiger partial charge < -0.3 is 10.5 Å². The summed E-state index contributed by atoms with van der Waals surface area (Å²) in [7, 11) is 0. The highest BCUT2D eigenvalue weighted by atomic mass is 16.5. The van der Waals surface area contributed by atoms with Gasteiger partial charge >= 0.3 is 0 Å². The van der Waals surface area contributed by atoms with Crippen LogP contribution in [0, 0.1) is 0 Å². The maximum absolute atomic E-state index is 11.9. The SMILES string of the molecule is NCc1cc(=O)[nH]n1C(=O)CCOc1ccccc1. The highest BCUT2D eigenvalue weighted by Crippen LogP contribution is 2.08. The van der Waals surface area contributed by atoms with Crippen molar-refractivity contribution < 1.29 is 9.53 Å². The van der Waals surface area contributed by atoms with Gasteiger partial charge in [0.25, 0.3) is 5.56 Å². The zero-order chi connectivity index (χ0) is 13.7. The minimum atomic E-state index is -0.335. The van der Waals surface area contributed by atoms with E-state index in [0.717, 1.165) is 0 Å². The van der Waals surface area contributed by atoms with Crippen molar-refractivity contribution in [2.45, 2.75) is 13.0 Å². The highest BCUT2D eigenvalue weighted by molar-refractivity contribution is 5.78. The topological polar surface area (TPSA) is 90.1 Å². The molecule has 1 aromatic carbocycles. The largest absolute Gasteiger partial charge is 0.493 e. The van der Waals surface area contributed by atoms with Crippen molar-refractivity contribution in [3.8, 4) is 5.75 Å². The molecule has 0 fully saturated rings. The van der Waals surface area contributed by atoms with Crippen LogP contribution in [0.2, 0.25) is 0 Å². The van der Waals surface area contributed by atoms with Crippen LogP contribution in [0.15, 0.2) is 41.2 Å². The summed E-state index contributed by atoms with van der Waals surface area (Å²) in [6.07, 6.45) is 0.159. The Morgan fingerprint density at radius 3 is 2.74 bits per heavy atom. The van der Waals surface area contributed by atoms with Crippen LogP contribution >= 0.6 is 0 Å². The van der Waals surface area contributed by atoms with Gasteiger partial charge in [-0.1, -0.05) is 18.2 Å². The van der Waals surface area contributed by atoms with Gasteiger partial charge in [-0.3, -0.25) is 14.7 Å². The van der Waals surface area contributed by atoms with Crippen LogP contribution in [0.5, 0.6) is 5.75 Å². The average Bonchev–Trinajstić information content (AvgIpc) is 2.81. The first kappa shape index (κ1) is 13.1. The third-order valence-electron chi connectivity index (χ3n) is 2.59. The highest BCUT2D eigenvalue weighted by Gasteiger charge is 2.10. The lowest BCUT2D eigenvalue weighted by Gasteiger charge is -2.07. The third-order valence-corrected chi connectivity index (χ3v) is 2.59. The minimum absolute atomic E-state index is 0.129. The molecule has 1 aromatic heterocycles. The Balaban J connectivity index is 1.93. The second kappa shape index (κ2) is 6.01. The van der Waals surface area contributed by atoms with Gasteiger partial charge in [-0.2, -0.15) is 0 Å². The van der Waals surface area contributed by atoms with E-state index in [0.29, 0.717) is 11.4 Å². The van der Waals surface area contributed by atoms with Crippen molar-refractivity contribution in [1.82, 2.24) is 9.78 Å². The van der Waals surface area contributed by atoms with Crippen molar-refractivity contribution >= 4 is 5.91 Å². The molecule has 0 aliphatic carbocycles. The van der Waals surface area contributed by atoms with Crippen molar-refractivity contribution in [2.75, 3.05) is 6.61 Å². The van der Waals surface area contributed by atoms with Crippen LogP contribution in [0.25, 0.3) is 0 Å². The fourth-order valence-corrected chi connectivity index (χ4v) is 1.69. The smallest absolute Gasteiger partial charge is 0.264 e. The number of H-pyrrole nitrogens is 1. The van der Waals surface area contributed by atoms with Crippen molar-refractivity contribution in [3.63, 3.8) is 0 Å². The zero-order valence-corrected chi connectivity index (χ0v) is 10.3. The molecule has 19 heavy (non-hydrogen) atoms. The number of rotatable bonds is 5. The Hall–Kier alpha value is -2.34. The number of hydrogen-bond donors (Lipinski definition) is 2. The summed E-state index contributed by atoms with van der Waals surface area (Å²) in [5.74, 6) is 0.453. The fraction of sp³-hybridized carbons (Fsp3) is 0.231. The molecular weight excluding hydrogens is 246 g/mol. The van der Waals surface area contributed by atoms with Gasteiger partial charge in [0.05, 0.1) is 18.7 Å². The predicted molar refractivity (Wildman–Crippen MR) is 70.1 cm³/mol. The Morgan fingerprint density at radius 2 is 2.05 bits per heavy atom. The lowest BCUT2D eigenvalue weighted by Crippen LogP contribution is -2.20. The number of aromatic amines is 1. The molecule has 3 N–H and O–H groups in total. The summed E-state index contributed by atoms with van der Waals surface area (Å²) >= 11 is 0. The molecule has 0 saturated carbocycles. The van der Waals surface area contributed by atoms with E-state index in [-0.39, 0.29) is 31.0 Å². The normalized spacial score (nSPS) is 10.4. The summed E-state index contributed by atoms with van der Waals surface area (Å²) in [6, 6.07) is 10.5. The number of nitrogens with zero attached hydrogens (tertiary/aromatic N) is 1. The Bertz CT molecular complexity index is 601.